The minimum Gasteiger partial charge on any atom is -0.353 e. The van der Waals surface area contributed by atoms with Crippen LogP contribution in [0, 0.1) is 0 Å². The van der Waals surface area contributed by atoms with Crippen molar-refractivity contribution in [3.8, 4) is 0 Å². The number of carbonyl (C=O) groups is 3. The summed E-state index contributed by atoms with van der Waals surface area (Å²) in [7, 11) is 0. The number of nitrogens with zero attached hydrogens (tertiary/aromatic N) is 1. The highest BCUT2D eigenvalue weighted by molar-refractivity contribution is 6.09. The van der Waals surface area contributed by atoms with Crippen molar-refractivity contribution < 1.29 is 14.4 Å². The van der Waals surface area contributed by atoms with Crippen LogP contribution in [0.2, 0.25) is 0 Å². The number of carbonyl (C=O) groups excluding carboxylic acids is 3. The summed E-state index contributed by atoms with van der Waals surface area (Å²) in [5, 5.41) is 8.41. The van der Waals surface area contributed by atoms with E-state index in [0.717, 1.165) is 12.8 Å². The molecule has 1 fully saturated rings. The van der Waals surface area contributed by atoms with Gasteiger partial charge in [-0.15, -0.1) is 0 Å². The fraction of sp³-hybridized carbons (Fsp3) is 0.438. The maximum atomic E-state index is 12.3. The van der Waals surface area contributed by atoms with Gasteiger partial charge < -0.3 is 16.0 Å². The SMILES string of the molecule is O=C1CN(C(=O)NCCCC(=O)NC2CC2)c2ccccc2N1. The van der Waals surface area contributed by atoms with Gasteiger partial charge in [0.25, 0.3) is 0 Å². The van der Waals surface area contributed by atoms with Crippen molar-refractivity contribution in [2.75, 3.05) is 23.3 Å². The number of rotatable bonds is 5. The molecule has 3 rings (SSSR count). The van der Waals surface area contributed by atoms with Crippen molar-refractivity contribution in [2.45, 2.75) is 31.7 Å². The molecule has 1 aliphatic heterocycles. The van der Waals surface area contributed by atoms with E-state index in [1.54, 1.807) is 18.2 Å². The van der Waals surface area contributed by atoms with Crippen LogP contribution in [0.3, 0.4) is 0 Å². The van der Waals surface area contributed by atoms with Gasteiger partial charge in [0.1, 0.15) is 6.54 Å². The molecule has 23 heavy (non-hydrogen) atoms. The Bertz CT molecular complexity index is 628. The van der Waals surface area contributed by atoms with Gasteiger partial charge in [0, 0.05) is 19.0 Å². The number of nitrogens with one attached hydrogen (secondary N) is 3. The Kier molecular flexibility index (Phi) is 4.45. The van der Waals surface area contributed by atoms with E-state index in [9.17, 15) is 14.4 Å². The van der Waals surface area contributed by atoms with E-state index in [-0.39, 0.29) is 24.4 Å². The second kappa shape index (κ2) is 6.68. The fourth-order valence-electron chi connectivity index (χ4n) is 2.48. The summed E-state index contributed by atoms with van der Waals surface area (Å²) in [5.41, 5.74) is 1.30. The molecule has 0 aromatic heterocycles. The highest BCUT2D eigenvalue weighted by Gasteiger charge is 2.26. The second-order valence-electron chi connectivity index (χ2n) is 5.83. The maximum Gasteiger partial charge on any atom is 0.322 e. The summed E-state index contributed by atoms with van der Waals surface area (Å²) < 4.78 is 0. The lowest BCUT2D eigenvalue weighted by Crippen LogP contribution is -2.47. The average Bonchev–Trinajstić information content (AvgIpc) is 3.34. The van der Waals surface area contributed by atoms with Gasteiger partial charge in [-0.2, -0.15) is 0 Å². The first-order valence-electron chi connectivity index (χ1n) is 7.87. The van der Waals surface area contributed by atoms with Gasteiger partial charge in [-0.3, -0.25) is 14.5 Å². The first-order valence-corrected chi connectivity index (χ1v) is 7.87. The predicted octanol–water partition coefficient (Wildman–Crippen LogP) is 1.21. The highest BCUT2D eigenvalue weighted by Crippen LogP contribution is 2.28. The Morgan fingerprint density at radius 2 is 2.04 bits per heavy atom. The van der Waals surface area contributed by atoms with E-state index in [0.29, 0.717) is 36.8 Å². The summed E-state index contributed by atoms with van der Waals surface area (Å²) in [4.78, 5) is 36.9. The smallest absolute Gasteiger partial charge is 0.322 e. The van der Waals surface area contributed by atoms with Gasteiger partial charge in [0.2, 0.25) is 11.8 Å². The molecular formula is C16H20N4O3. The van der Waals surface area contributed by atoms with Crippen LogP contribution in [0.1, 0.15) is 25.7 Å². The van der Waals surface area contributed by atoms with Crippen molar-refractivity contribution >= 4 is 29.2 Å². The quantitative estimate of drug-likeness (QED) is 0.713. The van der Waals surface area contributed by atoms with Crippen LogP contribution in [-0.2, 0) is 9.59 Å². The van der Waals surface area contributed by atoms with Crippen LogP contribution in [0.25, 0.3) is 0 Å². The zero-order chi connectivity index (χ0) is 16.2. The fourth-order valence-corrected chi connectivity index (χ4v) is 2.48. The van der Waals surface area contributed by atoms with Crippen molar-refractivity contribution in [3.63, 3.8) is 0 Å². The molecule has 122 valence electrons. The number of hydrogen-bond donors (Lipinski definition) is 3. The molecule has 0 unspecified atom stereocenters. The Hall–Kier alpha value is -2.57. The summed E-state index contributed by atoms with van der Waals surface area (Å²) in [6.07, 6.45) is 3.11. The van der Waals surface area contributed by atoms with Crippen LogP contribution in [0.4, 0.5) is 16.2 Å². The Labute approximate surface area is 134 Å². The normalized spacial score (nSPS) is 16.3. The largest absolute Gasteiger partial charge is 0.353 e. The van der Waals surface area contributed by atoms with Crippen LogP contribution < -0.4 is 20.9 Å². The number of hydrogen-bond acceptors (Lipinski definition) is 3. The molecule has 1 heterocycles. The van der Waals surface area contributed by atoms with Gasteiger partial charge in [-0.05, 0) is 31.4 Å². The molecule has 1 saturated carbocycles. The first kappa shape index (κ1) is 15.3. The molecule has 0 saturated heterocycles. The predicted molar refractivity (Wildman–Crippen MR) is 86.2 cm³/mol. The van der Waals surface area contributed by atoms with Gasteiger partial charge >= 0.3 is 6.03 Å². The number of amides is 4. The molecule has 1 aromatic carbocycles. The third-order valence-corrected chi connectivity index (χ3v) is 3.82. The zero-order valence-corrected chi connectivity index (χ0v) is 12.8. The molecule has 3 N–H and O–H groups in total. The monoisotopic (exact) mass is 316 g/mol. The molecule has 1 aromatic rings. The molecule has 7 heteroatoms. The minimum atomic E-state index is -0.324. The topological polar surface area (TPSA) is 90.5 Å². The van der Waals surface area contributed by atoms with E-state index in [2.05, 4.69) is 16.0 Å². The first-order chi connectivity index (χ1) is 11.1. The summed E-state index contributed by atoms with van der Waals surface area (Å²) >= 11 is 0. The molecular weight excluding hydrogens is 296 g/mol. The number of para-hydroxylation sites is 2. The lowest BCUT2D eigenvalue weighted by Gasteiger charge is -2.29. The molecule has 7 nitrogen and oxygen atoms in total. The highest BCUT2D eigenvalue weighted by atomic mass is 16.2. The Balaban J connectivity index is 1.48. The zero-order valence-electron chi connectivity index (χ0n) is 12.8. The molecule has 0 spiro atoms. The van der Waals surface area contributed by atoms with E-state index in [1.165, 1.54) is 4.90 Å². The van der Waals surface area contributed by atoms with Gasteiger partial charge in [0.05, 0.1) is 11.4 Å². The number of benzene rings is 1. The average molecular weight is 316 g/mol. The van der Waals surface area contributed by atoms with E-state index in [1.807, 2.05) is 6.07 Å². The third kappa shape index (κ3) is 4.00. The molecule has 0 bridgehead atoms. The Morgan fingerprint density at radius 1 is 1.26 bits per heavy atom. The minimum absolute atomic E-state index is 0.00892. The lowest BCUT2D eigenvalue weighted by molar-refractivity contribution is -0.121. The van der Waals surface area contributed by atoms with Crippen molar-refractivity contribution in [1.82, 2.24) is 10.6 Å². The number of urea groups is 1. The van der Waals surface area contributed by atoms with Gasteiger partial charge in [-0.1, -0.05) is 12.1 Å². The van der Waals surface area contributed by atoms with Crippen LogP contribution in [-0.4, -0.2) is 37.0 Å². The molecule has 0 radical (unpaired) electrons. The van der Waals surface area contributed by atoms with Crippen molar-refractivity contribution in [2.24, 2.45) is 0 Å². The molecule has 4 amide bonds. The molecule has 1 aliphatic carbocycles. The molecule has 0 atom stereocenters. The van der Waals surface area contributed by atoms with E-state index in [4.69, 9.17) is 0 Å². The standard InChI is InChI=1S/C16H20N4O3/c21-14(18-11-7-8-11)6-3-9-17-16(23)20-10-15(22)19-12-4-1-2-5-13(12)20/h1-2,4-5,11H,3,6-10H2,(H,17,23)(H,18,21)(H,19,22). The summed E-state index contributed by atoms with van der Waals surface area (Å²) in [6.45, 7) is 0.391. The third-order valence-electron chi connectivity index (χ3n) is 3.82. The van der Waals surface area contributed by atoms with Gasteiger partial charge in [0.15, 0.2) is 0 Å². The Morgan fingerprint density at radius 3 is 2.83 bits per heavy atom. The van der Waals surface area contributed by atoms with Crippen LogP contribution in [0.5, 0.6) is 0 Å². The number of anilines is 2. The lowest BCUT2D eigenvalue weighted by atomic mass is 10.2. The van der Waals surface area contributed by atoms with Gasteiger partial charge in [-0.25, -0.2) is 4.79 Å². The van der Waals surface area contributed by atoms with Crippen LogP contribution in [0.15, 0.2) is 24.3 Å². The van der Waals surface area contributed by atoms with Crippen molar-refractivity contribution in [3.05, 3.63) is 24.3 Å². The maximum absolute atomic E-state index is 12.3. The van der Waals surface area contributed by atoms with E-state index < -0.39 is 0 Å². The van der Waals surface area contributed by atoms with Crippen molar-refractivity contribution in [1.29, 1.82) is 0 Å². The number of fused-ring (bicyclic) bond motifs is 1. The second-order valence-corrected chi connectivity index (χ2v) is 5.83. The summed E-state index contributed by atoms with van der Waals surface area (Å²) in [6, 6.07) is 7.21. The molecule has 2 aliphatic rings. The summed E-state index contributed by atoms with van der Waals surface area (Å²) in [5.74, 6) is -0.188. The van der Waals surface area contributed by atoms with E-state index >= 15 is 0 Å². The van der Waals surface area contributed by atoms with Crippen LogP contribution >= 0.6 is 0 Å².